The molecule has 7 heteroatoms. The number of carbonyl (C=O) groups excluding carboxylic acids is 1. The highest BCUT2D eigenvalue weighted by Crippen LogP contribution is 2.39. The Labute approximate surface area is 135 Å². The zero-order valence-electron chi connectivity index (χ0n) is 11.6. The Kier molecular flexibility index (Phi) is 3.51. The predicted octanol–water partition coefficient (Wildman–Crippen LogP) is 3.67. The van der Waals surface area contributed by atoms with Gasteiger partial charge in [0.05, 0.1) is 11.4 Å². The van der Waals surface area contributed by atoms with Crippen molar-refractivity contribution in [3.8, 4) is 10.8 Å². The number of aromatic nitrogens is 2. The van der Waals surface area contributed by atoms with Gasteiger partial charge < -0.3 is 9.84 Å². The molecule has 0 atom stereocenters. The van der Waals surface area contributed by atoms with Crippen molar-refractivity contribution >= 4 is 28.6 Å². The second-order valence-corrected chi connectivity index (χ2v) is 7.14. The molecular formula is C15H13N3O2S2. The van der Waals surface area contributed by atoms with E-state index in [1.165, 1.54) is 11.3 Å². The summed E-state index contributed by atoms with van der Waals surface area (Å²) in [5, 5.41) is 10.7. The van der Waals surface area contributed by atoms with Crippen LogP contribution in [0.3, 0.4) is 0 Å². The van der Waals surface area contributed by atoms with Gasteiger partial charge in [0.15, 0.2) is 5.82 Å². The summed E-state index contributed by atoms with van der Waals surface area (Å²) in [7, 11) is 0. The lowest BCUT2D eigenvalue weighted by Gasteiger charge is -2.00. The minimum absolute atomic E-state index is 0.0509. The first-order chi connectivity index (χ1) is 10.8. The number of hydrogen-bond acceptors (Lipinski definition) is 6. The normalized spacial score (nSPS) is 14.2. The Bertz CT molecular complexity index is 787. The summed E-state index contributed by atoms with van der Waals surface area (Å²) < 4.78 is 5.31. The molecule has 1 aliphatic carbocycles. The van der Waals surface area contributed by atoms with Crippen molar-refractivity contribution in [1.82, 2.24) is 15.5 Å². The van der Waals surface area contributed by atoms with Crippen molar-refractivity contribution in [2.75, 3.05) is 0 Å². The van der Waals surface area contributed by atoms with Crippen LogP contribution in [0.2, 0.25) is 0 Å². The molecule has 0 radical (unpaired) electrons. The van der Waals surface area contributed by atoms with Crippen molar-refractivity contribution < 1.29 is 9.32 Å². The van der Waals surface area contributed by atoms with Gasteiger partial charge in [0.1, 0.15) is 0 Å². The topological polar surface area (TPSA) is 68.0 Å². The average molecular weight is 331 g/mol. The Morgan fingerprint density at radius 2 is 2.27 bits per heavy atom. The number of hydrogen-bond donors (Lipinski definition) is 1. The molecule has 3 aromatic rings. The molecule has 0 bridgehead atoms. The van der Waals surface area contributed by atoms with Crippen molar-refractivity contribution in [2.45, 2.75) is 25.3 Å². The zero-order chi connectivity index (χ0) is 14.9. The maximum absolute atomic E-state index is 11.9. The van der Waals surface area contributed by atoms with Gasteiger partial charge in [-0.15, -0.1) is 11.3 Å². The van der Waals surface area contributed by atoms with Crippen LogP contribution >= 0.6 is 22.7 Å². The van der Waals surface area contributed by atoms with E-state index in [1.807, 2.05) is 29.0 Å². The van der Waals surface area contributed by atoms with Crippen LogP contribution in [-0.4, -0.2) is 16.0 Å². The first-order valence-electron chi connectivity index (χ1n) is 7.02. The van der Waals surface area contributed by atoms with Crippen LogP contribution < -0.4 is 5.32 Å². The van der Waals surface area contributed by atoms with Gasteiger partial charge in [-0.3, -0.25) is 4.79 Å². The lowest BCUT2D eigenvalue weighted by molar-refractivity contribution is 0.0952. The van der Waals surface area contributed by atoms with Crippen LogP contribution in [0.25, 0.3) is 10.8 Å². The van der Waals surface area contributed by atoms with E-state index >= 15 is 0 Å². The lowest BCUT2D eigenvalue weighted by atomic mass is 10.3. The molecule has 1 N–H and O–H groups in total. The minimum Gasteiger partial charge on any atom is -0.347 e. The molecule has 0 aromatic carbocycles. The van der Waals surface area contributed by atoms with E-state index in [0.717, 1.165) is 28.4 Å². The van der Waals surface area contributed by atoms with Gasteiger partial charge in [0.25, 0.3) is 11.8 Å². The van der Waals surface area contributed by atoms with Gasteiger partial charge in [-0.25, -0.2) is 0 Å². The van der Waals surface area contributed by atoms with Crippen molar-refractivity contribution in [1.29, 1.82) is 0 Å². The lowest BCUT2D eigenvalue weighted by Crippen LogP contribution is -2.21. The number of thiophene rings is 2. The van der Waals surface area contributed by atoms with Crippen molar-refractivity contribution in [2.24, 2.45) is 0 Å². The monoisotopic (exact) mass is 331 g/mol. The van der Waals surface area contributed by atoms with Gasteiger partial charge >= 0.3 is 0 Å². The summed E-state index contributed by atoms with van der Waals surface area (Å²) in [6.07, 6.45) is 2.31. The van der Waals surface area contributed by atoms with E-state index < -0.39 is 0 Å². The SMILES string of the molecule is O=C(NCc1ccc(-c2nc(C3CC3)no2)s1)c1ccsc1. The van der Waals surface area contributed by atoms with Gasteiger partial charge in [0.2, 0.25) is 0 Å². The first-order valence-corrected chi connectivity index (χ1v) is 8.78. The van der Waals surface area contributed by atoms with E-state index in [4.69, 9.17) is 4.52 Å². The van der Waals surface area contributed by atoms with E-state index in [-0.39, 0.29) is 5.91 Å². The van der Waals surface area contributed by atoms with Crippen LogP contribution in [0.4, 0.5) is 0 Å². The highest BCUT2D eigenvalue weighted by Gasteiger charge is 2.29. The Balaban J connectivity index is 1.41. The van der Waals surface area contributed by atoms with Crippen LogP contribution in [0.1, 0.15) is 39.8 Å². The quantitative estimate of drug-likeness (QED) is 0.774. The van der Waals surface area contributed by atoms with Crippen LogP contribution in [-0.2, 0) is 6.54 Å². The molecule has 5 nitrogen and oxygen atoms in total. The van der Waals surface area contributed by atoms with E-state index in [0.29, 0.717) is 23.9 Å². The second kappa shape index (κ2) is 5.66. The number of rotatable bonds is 5. The Morgan fingerprint density at radius 1 is 1.36 bits per heavy atom. The molecular weight excluding hydrogens is 318 g/mol. The summed E-state index contributed by atoms with van der Waals surface area (Å²) in [5.74, 6) is 1.82. The van der Waals surface area contributed by atoms with Gasteiger partial charge in [0, 0.05) is 21.7 Å². The summed E-state index contributed by atoms with van der Waals surface area (Å²) in [6.45, 7) is 0.503. The number of nitrogens with one attached hydrogen (secondary N) is 1. The van der Waals surface area contributed by atoms with Crippen LogP contribution in [0, 0.1) is 0 Å². The molecule has 22 heavy (non-hydrogen) atoms. The summed E-state index contributed by atoms with van der Waals surface area (Å²) in [6, 6.07) is 5.76. The summed E-state index contributed by atoms with van der Waals surface area (Å²) in [5.41, 5.74) is 0.702. The third-order valence-electron chi connectivity index (χ3n) is 3.46. The van der Waals surface area contributed by atoms with Crippen LogP contribution in [0.15, 0.2) is 33.5 Å². The fourth-order valence-corrected chi connectivity index (χ4v) is 3.60. The van der Waals surface area contributed by atoms with E-state index in [1.54, 1.807) is 11.3 Å². The number of amides is 1. The maximum Gasteiger partial charge on any atom is 0.268 e. The molecule has 0 spiro atoms. The Morgan fingerprint density at radius 3 is 3.05 bits per heavy atom. The standard InChI is InChI=1S/C15H13N3O2S2/c19-14(10-5-6-21-8-10)16-7-11-3-4-12(22-11)15-17-13(18-20-15)9-1-2-9/h3-6,8-9H,1-2,7H2,(H,16,19). The molecule has 0 unspecified atom stereocenters. The van der Waals surface area contributed by atoms with E-state index in [9.17, 15) is 4.79 Å². The molecule has 4 rings (SSSR count). The molecule has 0 saturated heterocycles. The Hall–Kier alpha value is -1.99. The highest BCUT2D eigenvalue weighted by atomic mass is 32.1. The molecule has 3 heterocycles. The zero-order valence-corrected chi connectivity index (χ0v) is 13.2. The fourth-order valence-electron chi connectivity index (χ4n) is 2.09. The molecule has 1 fully saturated rings. The smallest absolute Gasteiger partial charge is 0.268 e. The van der Waals surface area contributed by atoms with Crippen LogP contribution in [0.5, 0.6) is 0 Å². The summed E-state index contributed by atoms with van der Waals surface area (Å²) in [4.78, 5) is 18.3. The maximum atomic E-state index is 11.9. The molecule has 1 aliphatic rings. The van der Waals surface area contributed by atoms with Gasteiger partial charge in [-0.1, -0.05) is 5.16 Å². The average Bonchev–Trinajstić information content (AvgIpc) is 3.02. The number of carbonyl (C=O) groups is 1. The summed E-state index contributed by atoms with van der Waals surface area (Å²) >= 11 is 3.08. The predicted molar refractivity (Wildman–Crippen MR) is 85.1 cm³/mol. The number of nitrogens with zero attached hydrogens (tertiary/aromatic N) is 2. The third kappa shape index (κ3) is 2.82. The molecule has 0 aliphatic heterocycles. The van der Waals surface area contributed by atoms with Crippen molar-refractivity contribution in [3.63, 3.8) is 0 Å². The van der Waals surface area contributed by atoms with Crippen molar-refractivity contribution in [3.05, 3.63) is 45.2 Å². The highest BCUT2D eigenvalue weighted by molar-refractivity contribution is 7.15. The molecule has 3 aromatic heterocycles. The second-order valence-electron chi connectivity index (χ2n) is 5.19. The van der Waals surface area contributed by atoms with E-state index in [2.05, 4.69) is 15.5 Å². The molecule has 112 valence electrons. The first kappa shape index (κ1) is 13.7. The fraction of sp³-hybridized carbons (Fsp3) is 0.267. The minimum atomic E-state index is -0.0509. The molecule has 1 amide bonds. The molecule has 1 saturated carbocycles. The van der Waals surface area contributed by atoms with Gasteiger partial charge in [-0.2, -0.15) is 16.3 Å². The largest absolute Gasteiger partial charge is 0.347 e. The third-order valence-corrected chi connectivity index (χ3v) is 5.22. The van der Waals surface area contributed by atoms with Gasteiger partial charge in [-0.05, 0) is 36.4 Å².